The van der Waals surface area contributed by atoms with Gasteiger partial charge in [-0.3, -0.25) is 4.79 Å². The Morgan fingerprint density at radius 1 is 1.08 bits per heavy atom. The molecule has 0 aliphatic carbocycles. The van der Waals surface area contributed by atoms with Crippen molar-refractivity contribution >= 4 is 17.6 Å². The van der Waals surface area contributed by atoms with Crippen LogP contribution in [0.3, 0.4) is 0 Å². The van der Waals surface area contributed by atoms with Gasteiger partial charge < -0.3 is 10.1 Å². The van der Waals surface area contributed by atoms with Crippen LogP contribution < -0.4 is 5.32 Å². The van der Waals surface area contributed by atoms with Gasteiger partial charge in [0, 0.05) is 23.6 Å². The summed E-state index contributed by atoms with van der Waals surface area (Å²) in [4.78, 5) is 24.3. The molecule has 3 aromatic rings. The van der Waals surface area contributed by atoms with Gasteiger partial charge in [-0.15, -0.1) is 0 Å². The Bertz CT molecular complexity index is 888. The summed E-state index contributed by atoms with van der Waals surface area (Å²) in [6.07, 6.45) is 3.48. The van der Waals surface area contributed by atoms with Crippen molar-refractivity contribution in [2.24, 2.45) is 0 Å². The van der Waals surface area contributed by atoms with Gasteiger partial charge in [0.2, 0.25) is 0 Å². The molecule has 25 heavy (non-hydrogen) atoms. The Balaban J connectivity index is 1.78. The number of amides is 1. The van der Waals surface area contributed by atoms with Crippen molar-refractivity contribution in [1.82, 2.24) is 9.78 Å². The molecule has 0 fully saturated rings. The fourth-order valence-corrected chi connectivity index (χ4v) is 2.35. The maximum absolute atomic E-state index is 12.5. The van der Waals surface area contributed by atoms with Gasteiger partial charge in [-0.2, -0.15) is 5.10 Å². The van der Waals surface area contributed by atoms with E-state index in [2.05, 4.69) is 10.4 Å². The number of carbonyl (C=O) groups excluding carboxylic acids is 2. The molecule has 0 spiro atoms. The molecule has 0 unspecified atom stereocenters. The Morgan fingerprint density at radius 3 is 2.64 bits per heavy atom. The van der Waals surface area contributed by atoms with Gasteiger partial charge in [0.25, 0.3) is 5.91 Å². The lowest BCUT2D eigenvalue weighted by atomic mass is 10.1. The molecule has 1 aromatic heterocycles. The summed E-state index contributed by atoms with van der Waals surface area (Å²) in [5.41, 5.74) is 2.21. The third-order valence-electron chi connectivity index (χ3n) is 3.51. The molecule has 0 radical (unpaired) electrons. The van der Waals surface area contributed by atoms with E-state index in [4.69, 9.17) is 4.74 Å². The minimum atomic E-state index is -0.417. The van der Waals surface area contributed by atoms with Crippen LogP contribution >= 0.6 is 0 Å². The van der Waals surface area contributed by atoms with Crippen molar-refractivity contribution in [2.45, 2.75) is 6.92 Å². The lowest BCUT2D eigenvalue weighted by Crippen LogP contribution is -2.13. The number of hydrogen-bond acceptors (Lipinski definition) is 4. The first-order valence-corrected chi connectivity index (χ1v) is 7.86. The molecule has 3 rings (SSSR count). The number of anilines is 1. The molecule has 6 heteroatoms. The van der Waals surface area contributed by atoms with Crippen LogP contribution in [0, 0.1) is 0 Å². The number of carbonyl (C=O) groups is 2. The number of nitrogens with one attached hydrogen (secondary N) is 1. The maximum Gasteiger partial charge on any atom is 0.338 e. The van der Waals surface area contributed by atoms with Crippen molar-refractivity contribution in [3.63, 3.8) is 0 Å². The molecular weight excluding hydrogens is 318 g/mol. The second-order valence-corrected chi connectivity index (χ2v) is 5.26. The zero-order valence-electron chi connectivity index (χ0n) is 13.7. The van der Waals surface area contributed by atoms with Gasteiger partial charge in [0.1, 0.15) is 0 Å². The average molecular weight is 335 g/mol. The SMILES string of the molecule is CCOC(=O)c1cccc(NC(=O)c2cccc(-n3cccn3)c2)c1. The molecule has 126 valence electrons. The lowest BCUT2D eigenvalue weighted by molar-refractivity contribution is 0.0526. The topological polar surface area (TPSA) is 73.2 Å². The zero-order chi connectivity index (χ0) is 17.6. The molecular formula is C19H17N3O3. The van der Waals surface area contributed by atoms with E-state index < -0.39 is 5.97 Å². The third-order valence-corrected chi connectivity index (χ3v) is 3.51. The molecule has 0 saturated carbocycles. The molecule has 0 saturated heterocycles. The minimum Gasteiger partial charge on any atom is -0.462 e. The van der Waals surface area contributed by atoms with Gasteiger partial charge >= 0.3 is 5.97 Å². The molecule has 1 amide bonds. The first kappa shape index (κ1) is 16.4. The van der Waals surface area contributed by atoms with Crippen molar-refractivity contribution < 1.29 is 14.3 Å². The van der Waals surface area contributed by atoms with Crippen LogP contribution in [0.5, 0.6) is 0 Å². The van der Waals surface area contributed by atoms with E-state index in [1.165, 1.54) is 0 Å². The van der Waals surface area contributed by atoms with E-state index in [9.17, 15) is 9.59 Å². The standard InChI is InChI=1S/C19H17N3O3/c1-2-25-19(24)15-7-3-8-16(12-15)21-18(23)14-6-4-9-17(13-14)22-11-5-10-20-22/h3-13H,2H2,1H3,(H,21,23). The number of hydrogen-bond donors (Lipinski definition) is 1. The number of benzene rings is 2. The third kappa shape index (κ3) is 3.92. The molecule has 0 aliphatic heterocycles. The highest BCUT2D eigenvalue weighted by Crippen LogP contribution is 2.15. The zero-order valence-corrected chi connectivity index (χ0v) is 13.7. The number of nitrogens with zero attached hydrogens (tertiary/aromatic N) is 2. The summed E-state index contributed by atoms with van der Waals surface area (Å²) in [7, 11) is 0. The fourth-order valence-electron chi connectivity index (χ4n) is 2.35. The first-order chi connectivity index (χ1) is 12.2. The summed E-state index contributed by atoms with van der Waals surface area (Å²) >= 11 is 0. The van der Waals surface area contributed by atoms with Crippen molar-refractivity contribution in [3.8, 4) is 5.69 Å². The second kappa shape index (κ2) is 7.44. The first-order valence-electron chi connectivity index (χ1n) is 7.86. The number of rotatable bonds is 5. The molecule has 2 aromatic carbocycles. The minimum absolute atomic E-state index is 0.269. The van der Waals surface area contributed by atoms with Gasteiger partial charge in [-0.1, -0.05) is 12.1 Å². The summed E-state index contributed by atoms with van der Waals surface area (Å²) in [6.45, 7) is 2.05. The van der Waals surface area contributed by atoms with E-state index in [0.29, 0.717) is 23.4 Å². The number of esters is 1. The number of ether oxygens (including phenoxy) is 1. The smallest absolute Gasteiger partial charge is 0.338 e. The van der Waals surface area contributed by atoms with Crippen LogP contribution in [0.15, 0.2) is 67.0 Å². The van der Waals surface area contributed by atoms with Crippen LogP contribution in [0.25, 0.3) is 5.69 Å². The second-order valence-electron chi connectivity index (χ2n) is 5.26. The molecule has 0 aliphatic rings. The molecule has 0 atom stereocenters. The highest BCUT2D eigenvalue weighted by molar-refractivity contribution is 6.05. The largest absolute Gasteiger partial charge is 0.462 e. The predicted molar refractivity (Wildman–Crippen MR) is 93.9 cm³/mol. The van der Waals surface area contributed by atoms with Gasteiger partial charge in [0.05, 0.1) is 17.9 Å². The van der Waals surface area contributed by atoms with E-state index in [-0.39, 0.29) is 5.91 Å². The quantitative estimate of drug-likeness (QED) is 0.726. The fraction of sp³-hybridized carbons (Fsp3) is 0.105. The molecule has 6 nitrogen and oxygen atoms in total. The van der Waals surface area contributed by atoms with Crippen molar-refractivity contribution in [1.29, 1.82) is 0 Å². The summed E-state index contributed by atoms with van der Waals surface area (Å²) < 4.78 is 6.65. The normalized spacial score (nSPS) is 10.3. The van der Waals surface area contributed by atoms with Crippen LogP contribution in [0.4, 0.5) is 5.69 Å². The predicted octanol–water partition coefficient (Wildman–Crippen LogP) is 3.30. The Labute approximate surface area is 145 Å². The maximum atomic E-state index is 12.5. The Hall–Kier alpha value is -3.41. The van der Waals surface area contributed by atoms with Crippen LogP contribution in [-0.2, 0) is 4.74 Å². The van der Waals surface area contributed by atoms with Gasteiger partial charge in [-0.25, -0.2) is 9.48 Å². The Morgan fingerprint density at radius 2 is 1.88 bits per heavy atom. The summed E-state index contributed by atoms with van der Waals surface area (Å²) in [5.74, 6) is -0.686. The monoisotopic (exact) mass is 335 g/mol. The molecule has 1 N–H and O–H groups in total. The Kier molecular flexibility index (Phi) is 4.89. The lowest BCUT2D eigenvalue weighted by Gasteiger charge is -2.08. The number of aromatic nitrogens is 2. The highest BCUT2D eigenvalue weighted by Gasteiger charge is 2.10. The van der Waals surface area contributed by atoms with E-state index in [1.54, 1.807) is 66.5 Å². The van der Waals surface area contributed by atoms with E-state index in [0.717, 1.165) is 5.69 Å². The van der Waals surface area contributed by atoms with E-state index in [1.807, 2.05) is 12.1 Å². The van der Waals surface area contributed by atoms with Gasteiger partial charge in [0.15, 0.2) is 0 Å². The van der Waals surface area contributed by atoms with Crippen LogP contribution in [-0.4, -0.2) is 28.3 Å². The molecule has 0 bridgehead atoms. The van der Waals surface area contributed by atoms with Crippen LogP contribution in [0.1, 0.15) is 27.6 Å². The van der Waals surface area contributed by atoms with Gasteiger partial charge in [-0.05, 0) is 49.4 Å². The van der Waals surface area contributed by atoms with Crippen LogP contribution in [0.2, 0.25) is 0 Å². The summed E-state index contributed by atoms with van der Waals surface area (Å²) in [5, 5.41) is 6.94. The van der Waals surface area contributed by atoms with E-state index >= 15 is 0 Å². The van der Waals surface area contributed by atoms with Crippen molar-refractivity contribution in [3.05, 3.63) is 78.1 Å². The average Bonchev–Trinajstić information content (AvgIpc) is 3.17. The summed E-state index contributed by atoms with van der Waals surface area (Å²) in [6, 6.07) is 15.6. The van der Waals surface area contributed by atoms with Crippen molar-refractivity contribution in [2.75, 3.05) is 11.9 Å². The highest BCUT2D eigenvalue weighted by atomic mass is 16.5. The molecule has 1 heterocycles.